The molecule has 0 fully saturated rings. The minimum Gasteiger partial charge on any atom is -0.481 e. The molecule has 1 atom stereocenters. The summed E-state index contributed by atoms with van der Waals surface area (Å²) in [5, 5.41) is 11.4. The quantitative estimate of drug-likeness (QED) is 0.777. The van der Waals surface area contributed by atoms with E-state index in [1.807, 2.05) is 0 Å². The maximum Gasteiger partial charge on any atom is 0.305 e. The second-order valence-electron chi connectivity index (χ2n) is 3.15. The molecule has 3 nitrogen and oxygen atoms in total. The van der Waals surface area contributed by atoms with Gasteiger partial charge in [0.15, 0.2) is 0 Å². The van der Waals surface area contributed by atoms with Crippen molar-refractivity contribution in [2.24, 2.45) is 0 Å². The van der Waals surface area contributed by atoms with E-state index in [1.165, 1.54) is 12.1 Å². The summed E-state index contributed by atoms with van der Waals surface area (Å²) in [5.74, 6) is -1.21. The van der Waals surface area contributed by atoms with Crippen LogP contribution in [0.15, 0.2) is 24.3 Å². The van der Waals surface area contributed by atoms with Crippen LogP contribution >= 0.6 is 0 Å². The van der Waals surface area contributed by atoms with Gasteiger partial charge in [-0.15, -0.1) is 0 Å². The van der Waals surface area contributed by atoms with Crippen LogP contribution in [0.2, 0.25) is 0 Å². The lowest BCUT2D eigenvalue weighted by Gasteiger charge is -2.12. The van der Waals surface area contributed by atoms with E-state index < -0.39 is 5.97 Å². The highest BCUT2D eigenvalue weighted by molar-refractivity contribution is 5.68. The number of rotatable bonds is 4. The summed E-state index contributed by atoms with van der Waals surface area (Å²) in [6.07, 6.45) is 0.0104. The number of hydrogen-bond acceptors (Lipinski definition) is 2. The molecule has 4 heteroatoms. The lowest BCUT2D eigenvalue weighted by atomic mass is 10.2. The van der Waals surface area contributed by atoms with Gasteiger partial charge in [-0.3, -0.25) is 4.79 Å². The summed E-state index contributed by atoms with van der Waals surface area (Å²) < 4.78 is 12.7. The third-order valence-electron chi connectivity index (χ3n) is 1.72. The van der Waals surface area contributed by atoms with Gasteiger partial charge < -0.3 is 10.4 Å². The zero-order chi connectivity index (χ0) is 10.6. The van der Waals surface area contributed by atoms with Crippen LogP contribution in [0.3, 0.4) is 0 Å². The van der Waals surface area contributed by atoms with E-state index in [-0.39, 0.29) is 18.3 Å². The molecule has 0 radical (unpaired) electrons. The summed E-state index contributed by atoms with van der Waals surface area (Å²) in [5.41, 5.74) is 0.596. The molecule has 2 N–H and O–H groups in total. The van der Waals surface area contributed by atoms with Crippen molar-refractivity contribution >= 4 is 11.7 Å². The lowest BCUT2D eigenvalue weighted by molar-refractivity contribution is -0.137. The number of carboxylic acids is 1. The zero-order valence-corrected chi connectivity index (χ0v) is 7.83. The molecule has 1 aromatic rings. The second kappa shape index (κ2) is 4.60. The molecule has 0 heterocycles. The van der Waals surface area contributed by atoms with E-state index in [9.17, 15) is 9.18 Å². The van der Waals surface area contributed by atoms with Crippen LogP contribution in [0.25, 0.3) is 0 Å². The molecule has 0 unspecified atom stereocenters. The maximum atomic E-state index is 12.7. The van der Waals surface area contributed by atoms with Gasteiger partial charge in [0.2, 0.25) is 0 Å². The average Bonchev–Trinajstić information content (AvgIpc) is 2.01. The number of halogens is 1. The molecule has 0 saturated carbocycles. The molecule has 1 rings (SSSR count). The van der Waals surface area contributed by atoms with Crippen LogP contribution in [0.4, 0.5) is 10.1 Å². The predicted molar refractivity (Wildman–Crippen MR) is 51.7 cm³/mol. The van der Waals surface area contributed by atoms with Gasteiger partial charge in [-0.25, -0.2) is 4.39 Å². The van der Waals surface area contributed by atoms with Gasteiger partial charge in [0, 0.05) is 11.7 Å². The second-order valence-corrected chi connectivity index (χ2v) is 3.15. The van der Waals surface area contributed by atoms with Gasteiger partial charge in [0.1, 0.15) is 5.82 Å². The number of nitrogens with one attached hydrogen (secondary N) is 1. The van der Waals surface area contributed by atoms with Crippen molar-refractivity contribution in [1.29, 1.82) is 0 Å². The molecule has 0 aliphatic heterocycles. The first-order valence-electron chi connectivity index (χ1n) is 4.32. The number of carbonyl (C=O) groups is 1. The molecule has 0 aliphatic carbocycles. The molecule has 14 heavy (non-hydrogen) atoms. The van der Waals surface area contributed by atoms with E-state index in [4.69, 9.17) is 5.11 Å². The largest absolute Gasteiger partial charge is 0.481 e. The molecule has 0 saturated heterocycles. The Hall–Kier alpha value is -1.58. The highest BCUT2D eigenvalue weighted by atomic mass is 19.1. The van der Waals surface area contributed by atoms with E-state index in [0.29, 0.717) is 5.69 Å². The Morgan fingerprint density at radius 3 is 2.93 bits per heavy atom. The normalized spacial score (nSPS) is 12.1. The van der Waals surface area contributed by atoms with Gasteiger partial charge >= 0.3 is 5.97 Å². The van der Waals surface area contributed by atoms with E-state index in [0.717, 1.165) is 0 Å². The first kappa shape index (κ1) is 10.5. The molecule has 76 valence electrons. The monoisotopic (exact) mass is 197 g/mol. The molecular formula is C10H12FNO2. The van der Waals surface area contributed by atoms with Crippen LogP contribution in [0.5, 0.6) is 0 Å². The summed E-state index contributed by atoms with van der Waals surface area (Å²) in [7, 11) is 0. The third kappa shape index (κ3) is 3.43. The van der Waals surface area contributed by atoms with Crippen LogP contribution in [0.1, 0.15) is 13.3 Å². The molecule has 0 aromatic heterocycles. The van der Waals surface area contributed by atoms with Gasteiger partial charge in [-0.2, -0.15) is 0 Å². The van der Waals surface area contributed by atoms with Crippen molar-refractivity contribution < 1.29 is 14.3 Å². The summed E-state index contributed by atoms with van der Waals surface area (Å²) in [4.78, 5) is 10.4. The van der Waals surface area contributed by atoms with Gasteiger partial charge in [0.05, 0.1) is 6.42 Å². The molecular weight excluding hydrogens is 185 g/mol. The van der Waals surface area contributed by atoms with E-state index in [1.54, 1.807) is 19.1 Å². The molecule has 0 aliphatic rings. The standard InChI is InChI=1S/C10H12FNO2/c1-7(5-10(13)14)12-9-4-2-3-8(11)6-9/h2-4,6-7,12H,5H2,1H3,(H,13,14)/t7-/m1/s1. The fraction of sp³-hybridized carbons (Fsp3) is 0.300. The summed E-state index contributed by atoms with van der Waals surface area (Å²) in [6.45, 7) is 1.74. The third-order valence-corrected chi connectivity index (χ3v) is 1.72. The van der Waals surface area contributed by atoms with E-state index in [2.05, 4.69) is 5.32 Å². The first-order valence-corrected chi connectivity index (χ1v) is 4.32. The number of carboxylic acid groups (broad SMARTS) is 1. The highest BCUT2D eigenvalue weighted by Gasteiger charge is 2.06. The Labute approximate surface area is 81.6 Å². The Morgan fingerprint density at radius 1 is 1.64 bits per heavy atom. The van der Waals surface area contributed by atoms with Crippen LogP contribution in [-0.2, 0) is 4.79 Å². The van der Waals surface area contributed by atoms with Gasteiger partial charge in [-0.1, -0.05) is 6.07 Å². The maximum absolute atomic E-state index is 12.7. The topological polar surface area (TPSA) is 49.3 Å². The van der Waals surface area contributed by atoms with Crippen molar-refractivity contribution in [3.63, 3.8) is 0 Å². The van der Waals surface area contributed by atoms with Gasteiger partial charge in [0.25, 0.3) is 0 Å². The lowest BCUT2D eigenvalue weighted by Crippen LogP contribution is -2.19. The number of aliphatic carboxylic acids is 1. The molecule has 0 spiro atoms. The molecule has 0 bridgehead atoms. The Balaban J connectivity index is 2.55. The first-order chi connectivity index (χ1) is 6.58. The van der Waals surface area contributed by atoms with Crippen molar-refractivity contribution in [3.05, 3.63) is 30.1 Å². The Kier molecular flexibility index (Phi) is 3.45. The smallest absolute Gasteiger partial charge is 0.305 e. The van der Waals surface area contributed by atoms with Crippen LogP contribution in [0, 0.1) is 5.82 Å². The van der Waals surface area contributed by atoms with Crippen molar-refractivity contribution in [2.45, 2.75) is 19.4 Å². The van der Waals surface area contributed by atoms with Crippen molar-refractivity contribution in [2.75, 3.05) is 5.32 Å². The molecule has 0 amide bonds. The highest BCUT2D eigenvalue weighted by Crippen LogP contribution is 2.11. The minimum absolute atomic E-state index is 0.0104. The minimum atomic E-state index is -0.874. The van der Waals surface area contributed by atoms with Crippen molar-refractivity contribution in [3.8, 4) is 0 Å². The Morgan fingerprint density at radius 2 is 2.36 bits per heavy atom. The number of benzene rings is 1. The average molecular weight is 197 g/mol. The fourth-order valence-electron chi connectivity index (χ4n) is 1.18. The Bertz CT molecular complexity index is 328. The summed E-state index contributed by atoms with van der Waals surface area (Å²) >= 11 is 0. The van der Waals surface area contributed by atoms with Crippen LogP contribution < -0.4 is 5.32 Å². The number of hydrogen-bond donors (Lipinski definition) is 2. The van der Waals surface area contributed by atoms with E-state index >= 15 is 0 Å². The SMILES string of the molecule is C[C@H](CC(=O)O)Nc1cccc(F)c1. The number of anilines is 1. The predicted octanol–water partition coefficient (Wildman–Crippen LogP) is 2.10. The van der Waals surface area contributed by atoms with Crippen LogP contribution in [-0.4, -0.2) is 17.1 Å². The van der Waals surface area contributed by atoms with Crippen molar-refractivity contribution in [1.82, 2.24) is 0 Å². The summed E-state index contributed by atoms with van der Waals surface area (Å²) in [6, 6.07) is 5.73. The fourth-order valence-corrected chi connectivity index (χ4v) is 1.18. The molecule has 1 aromatic carbocycles. The zero-order valence-electron chi connectivity index (χ0n) is 7.83. The van der Waals surface area contributed by atoms with Gasteiger partial charge in [-0.05, 0) is 25.1 Å².